The van der Waals surface area contributed by atoms with Gasteiger partial charge in [-0.15, -0.1) is 0 Å². The Morgan fingerprint density at radius 3 is 2.76 bits per heavy atom. The van der Waals surface area contributed by atoms with Crippen molar-refractivity contribution in [2.45, 2.75) is 6.92 Å². The maximum atomic E-state index is 13.5. The van der Waals surface area contributed by atoms with Crippen molar-refractivity contribution in [3.63, 3.8) is 0 Å². The van der Waals surface area contributed by atoms with Crippen LogP contribution in [-0.2, 0) is 9.53 Å². The third kappa shape index (κ3) is 5.45. The summed E-state index contributed by atoms with van der Waals surface area (Å²) >= 11 is 5.88. The first-order valence-electron chi connectivity index (χ1n) is 10.2. The predicted octanol–water partition coefficient (Wildman–Crippen LogP) is 6.05. The molecular weight excluding hydrogens is 443 g/mol. The van der Waals surface area contributed by atoms with E-state index in [1.54, 1.807) is 25.3 Å². The number of hydrogen-bond donors (Lipinski definition) is 1. The number of carbonyl (C=O) groups excluding carboxylic acids is 1. The molecule has 0 radical (unpaired) electrons. The molecule has 33 heavy (non-hydrogen) atoms. The van der Waals surface area contributed by atoms with E-state index in [0.29, 0.717) is 24.1 Å². The first-order valence-corrected chi connectivity index (χ1v) is 10.6. The fourth-order valence-corrected chi connectivity index (χ4v) is 3.36. The van der Waals surface area contributed by atoms with Gasteiger partial charge >= 0.3 is 5.97 Å². The molecule has 0 unspecified atom stereocenters. The van der Waals surface area contributed by atoms with Gasteiger partial charge in [-0.05, 0) is 60.5 Å². The fraction of sp³-hybridized carbons (Fsp3) is 0.0800. The Balaban J connectivity index is 1.69. The van der Waals surface area contributed by atoms with Gasteiger partial charge in [0.25, 0.3) is 0 Å². The number of hydrogen-bond acceptors (Lipinski definition) is 5. The van der Waals surface area contributed by atoms with Gasteiger partial charge in [-0.3, -0.25) is 0 Å². The molecule has 2 heterocycles. The van der Waals surface area contributed by atoms with Crippen molar-refractivity contribution in [3.05, 3.63) is 95.7 Å². The topological polar surface area (TPSA) is 69.0 Å². The third-order valence-electron chi connectivity index (χ3n) is 4.69. The van der Waals surface area contributed by atoms with Gasteiger partial charge in [0.1, 0.15) is 11.6 Å². The molecule has 0 spiro atoms. The van der Waals surface area contributed by atoms with Crippen LogP contribution in [0.25, 0.3) is 23.0 Å². The second-order valence-electron chi connectivity index (χ2n) is 6.99. The van der Waals surface area contributed by atoms with Gasteiger partial charge in [-0.25, -0.2) is 14.2 Å². The average Bonchev–Trinajstić information content (AvgIpc) is 3.35. The van der Waals surface area contributed by atoms with Gasteiger partial charge in [0.05, 0.1) is 11.6 Å². The summed E-state index contributed by atoms with van der Waals surface area (Å²) < 4.78 is 20.3. The Hall–Kier alpha value is -3.97. The van der Waals surface area contributed by atoms with Gasteiger partial charge in [-0.1, -0.05) is 29.8 Å². The Morgan fingerprint density at radius 2 is 2.00 bits per heavy atom. The number of carbonyl (C=O) groups is 1. The standard InChI is InChI=1S/C25H20ClFN4O2/c1-2-33-23(32)11-8-17-6-5-7-18(14-17)20-16-28-25(30-24(20)31-12-3-4-13-31)29-19-9-10-22(27)21(26)15-19/h3-16H,2H2,1H3,(H,28,29,30)/b11-8+. The zero-order chi connectivity index (χ0) is 23.2. The van der Waals surface area contributed by atoms with E-state index in [9.17, 15) is 9.18 Å². The fourth-order valence-electron chi connectivity index (χ4n) is 3.18. The molecule has 4 rings (SSSR count). The molecule has 1 N–H and O–H groups in total. The van der Waals surface area contributed by atoms with Gasteiger partial charge in [-0.2, -0.15) is 4.98 Å². The quantitative estimate of drug-likeness (QED) is 0.267. The first-order chi connectivity index (χ1) is 16.0. The minimum absolute atomic E-state index is 0.00920. The number of ether oxygens (including phenoxy) is 1. The summed E-state index contributed by atoms with van der Waals surface area (Å²) in [5.74, 6) is 0.0970. The molecule has 0 bridgehead atoms. The molecule has 0 atom stereocenters. The number of rotatable bonds is 7. The van der Waals surface area contributed by atoms with Crippen molar-refractivity contribution in [1.82, 2.24) is 14.5 Å². The zero-order valence-corrected chi connectivity index (χ0v) is 18.5. The van der Waals surface area contributed by atoms with Gasteiger partial charge in [0, 0.05) is 35.9 Å². The molecular formula is C25H20ClFN4O2. The largest absolute Gasteiger partial charge is 0.463 e. The maximum absolute atomic E-state index is 13.5. The van der Waals surface area contributed by atoms with Gasteiger partial charge in [0.2, 0.25) is 5.95 Å². The summed E-state index contributed by atoms with van der Waals surface area (Å²) in [6.45, 7) is 2.09. The highest BCUT2D eigenvalue weighted by molar-refractivity contribution is 6.31. The van der Waals surface area contributed by atoms with Crippen molar-refractivity contribution in [2.75, 3.05) is 11.9 Å². The molecule has 0 saturated heterocycles. The lowest BCUT2D eigenvalue weighted by molar-refractivity contribution is -0.137. The van der Waals surface area contributed by atoms with Crippen LogP contribution in [-0.4, -0.2) is 27.1 Å². The monoisotopic (exact) mass is 462 g/mol. The van der Waals surface area contributed by atoms with Crippen molar-refractivity contribution in [1.29, 1.82) is 0 Å². The zero-order valence-electron chi connectivity index (χ0n) is 17.7. The minimum atomic E-state index is -0.497. The van der Waals surface area contributed by atoms with E-state index in [4.69, 9.17) is 16.3 Å². The highest BCUT2D eigenvalue weighted by atomic mass is 35.5. The summed E-state index contributed by atoms with van der Waals surface area (Å²) in [5.41, 5.74) is 3.07. The van der Waals surface area contributed by atoms with E-state index in [1.165, 1.54) is 18.2 Å². The molecule has 8 heteroatoms. The summed E-state index contributed by atoms with van der Waals surface area (Å²) in [5, 5.41) is 3.07. The van der Waals surface area contributed by atoms with Crippen LogP contribution in [0, 0.1) is 5.82 Å². The predicted molar refractivity (Wildman–Crippen MR) is 127 cm³/mol. The first kappa shape index (κ1) is 22.2. The highest BCUT2D eigenvalue weighted by Gasteiger charge is 2.12. The van der Waals surface area contributed by atoms with Crippen molar-refractivity contribution in [2.24, 2.45) is 0 Å². The minimum Gasteiger partial charge on any atom is -0.463 e. The van der Waals surface area contributed by atoms with Crippen LogP contribution < -0.4 is 5.32 Å². The summed E-state index contributed by atoms with van der Waals surface area (Å²) in [6, 6.07) is 15.8. The van der Waals surface area contributed by atoms with E-state index < -0.39 is 11.8 Å². The van der Waals surface area contributed by atoms with Crippen LogP contribution in [0.4, 0.5) is 16.0 Å². The molecule has 0 amide bonds. The average molecular weight is 463 g/mol. The molecule has 2 aromatic heterocycles. The van der Waals surface area contributed by atoms with E-state index >= 15 is 0 Å². The Labute approximate surface area is 195 Å². The number of nitrogens with zero attached hydrogens (tertiary/aromatic N) is 3. The lowest BCUT2D eigenvalue weighted by Gasteiger charge is -2.13. The molecule has 0 aliphatic rings. The number of anilines is 2. The van der Waals surface area contributed by atoms with Gasteiger partial charge < -0.3 is 14.6 Å². The Morgan fingerprint density at radius 1 is 1.18 bits per heavy atom. The molecule has 0 fully saturated rings. The number of halogens is 2. The van der Waals surface area contributed by atoms with Crippen LogP contribution >= 0.6 is 11.6 Å². The van der Waals surface area contributed by atoms with Crippen molar-refractivity contribution in [3.8, 4) is 16.9 Å². The van der Waals surface area contributed by atoms with Gasteiger partial charge in [0.15, 0.2) is 0 Å². The van der Waals surface area contributed by atoms with E-state index in [2.05, 4.69) is 15.3 Å². The highest BCUT2D eigenvalue weighted by Crippen LogP contribution is 2.28. The lowest BCUT2D eigenvalue weighted by atomic mass is 10.0. The summed E-state index contributed by atoms with van der Waals surface area (Å²) in [6.07, 6.45) is 8.58. The third-order valence-corrected chi connectivity index (χ3v) is 4.98. The SMILES string of the molecule is CCOC(=O)/C=C/c1cccc(-c2cnc(Nc3ccc(F)c(Cl)c3)nc2-n2cccc2)c1. The molecule has 0 aliphatic heterocycles. The van der Waals surface area contributed by atoms with Crippen LogP contribution in [0.1, 0.15) is 12.5 Å². The summed E-state index contributed by atoms with van der Waals surface area (Å²) in [7, 11) is 0. The molecule has 6 nitrogen and oxygen atoms in total. The normalized spacial score (nSPS) is 11.0. The second kappa shape index (κ2) is 10.1. The van der Waals surface area contributed by atoms with Crippen molar-refractivity contribution < 1.29 is 13.9 Å². The Kier molecular flexibility index (Phi) is 6.80. The molecule has 0 saturated carbocycles. The van der Waals surface area contributed by atoms with E-state index in [1.807, 2.05) is 53.4 Å². The van der Waals surface area contributed by atoms with Crippen LogP contribution in [0.2, 0.25) is 5.02 Å². The van der Waals surface area contributed by atoms with Crippen LogP contribution in [0.3, 0.4) is 0 Å². The molecule has 4 aromatic rings. The second-order valence-corrected chi connectivity index (χ2v) is 7.39. The number of esters is 1. The maximum Gasteiger partial charge on any atom is 0.330 e. The molecule has 2 aromatic carbocycles. The lowest BCUT2D eigenvalue weighted by Crippen LogP contribution is -2.04. The molecule has 0 aliphatic carbocycles. The number of nitrogens with one attached hydrogen (secondary N) is 1. The van der Waals surface area contributed by atoms with E-state index in [0.717, 1.165) is 16.7 Å². The number of benzene rings is 2. The number of aromatic nitrogens is 3. The van der Waals surface area contributed by atoms with Crippen molar-refractivity contribution >= 4 is 35.3 Å². The molecule has 166 valence electrons. The van der Waals surface area contributed by atoms with Crippen LogP contribution in [0.15, 0.2) is 79.3 Å². The van der Waals surface area contributed by atoms with Crippen LogP contribution in [0.5, 0.6) is 0 Å². The van der Waals surface area contributed by atoms with E-state index in [-0.39, 0.29) is 5.02 Å². The smallest absolute Gasteiger partial charge is 0.330 e. The Bertz CT molecular complexity index is 1310. The summed E-state index contributed by atoms with van der Waals surface area (Å²) in [4.78, 5) is 20.8.